The maximum absolute atomic E-state index is 4.92. The fourth-order valence-electron chi connectivity index (χ4n) is 3.43. The topological polar surface area (TPSA) is 65.7 Å². The second kappa shape index (κ2) is 26.2. The van der Waals surface area contributed by atoms with Crippen molar-refractivity contribution in [3.63, 3.8) is 0 Å². The Morgan fingerprint density at radius 1 is 1.07 bits per heavy atom. The largest absolute Gasteiger partial charge is 0.403 e. The van der Waals surface area contributed by atoms with Crippen LogP contribution in [0.4, 0.5) is 0 Å². The molecular weight excluding hydrogens is 502 g/mol. The molecule has 0 amide bonds. The van der Waals surface area contributed by atoms with Gasteiger partial charge in [-0.25, -0.2) is 0 Å². The van der Waals surface area contributed by atoms with Gasteiger partial charge >= 0.3 is 0 Å². The molecule has 0 bridgehead atoms. The molecule has 1 aliphatic carbocycles. The molecule has 0 aromatic heterocycles. The van der Waals surface area contributed by atoms with Crippen LogP contribution in [-0.2, 0) is 0 Å². The van der Waals surface area contributed by atoms with Crippen molar-refractivity contribution in [3.05, 3.63) is 133 Å². The Kier molecular flexibility index (Phi) is 26.6. The highest BCUT2D eigenvalue weighted by molar-refractivity contribution is 6.11. The normalized spacial score (nSPS) is 15.8. The highest BCUT2D eigenvalue weighted by Crippen LogP contribution is 2.20. The Labute approximate surface area is 253 Å². The van der Waals surface area contributed by atoms with Gasteiger partial charge in [0.1, 0.15) is 5.71 Å². The summed E-state index contributed by atoms with van der Waals surface area (Å²) in [6.07, 6.45) is 19.8. The van der Waals surface area contributed by atoms with Gasteiger partial charge in [0.25, 0.3) is 0 Å². The van der Waals surface area contributed by atoms with Gasteiger partial charge in [0, 0.05) is 46.0 Å². The average Bonchev–Trinajstić information content (AvgIpc) is 2.88. The SMILES string of the molecule is C=C(C)N.C=CC.C=CC(/C=C\C)=C/C.C=CN=C(C(=C)NC/C1=C/C/C(N(C)C)=C(/C)CC=C1)C(NC)=C(C)C. The second-order valence-corrected chi connectivity index (χ2v) is 9.58. The van der Waals surface area contributed by atoms with Gasteiger partial charge in [-0.1, -0.05) is 86.1 Å². The first-order valence-electron chi connectivity index (χ1n) is 13.9. The number of aliphatic imine (C=N–C) groups is 1. The summed E-state index contributed by atoms with van der Waals surface area (Å²) in [6.45, 7) is 32.9. The van der Waals surface area contributed by atoms with Crippen LogP contribution >= 0.6 is 0 Å². The summed E-state index contributed by atoms with van der Waals surface area (Å²) in [5, 5.41) is 6.62. The third-order valence-corrected chi connectivity index (χ3v) is 5.27. The van der Waals surface area contributed by atoms with Crippen molar-refractivity contribution in [2.45, 2.75) is 61.3 Å². The highest BCUT2D eigenvalue weighted by Gasteiger charge is 2.12. The lowest BCUT2D eigenvalue weighted by molar-refractivity contribution is 0.492. The maximum Gasteiger partial charge on any atom is 0.108 e. The zero-order valence-corrected chi connectivity index (χ0v) is 27.8. The Morgan fingerprint density at radius 3 is 2.00 bits per heavy atom. The Balaban J connectivity index is -0.000000790. The van der Waals surface area contributed by atoms with Crippen molar-refractivity contribution < 1.29 is 0 Å². The van der Waals surface area contributed by atoms with E-state index in [1.807, 2.05) is 52.1 Å². The lowest BCUT2D eigenvalue weighted by Crippen LogP contribution is -2.27. The van der Waals surface area contributed by atoms with Crippen molar-refractivity contribution in [3.8, 4) is 0 Å². The van der Waals surface area contributed by atoms with Crippen molar-refractivity contribution in [2.24, 2.45) is 10.7 Å². The fourth-order valence-corrected chi connectivity index (χ4v) is 3.43. The van der Waals surface area contributed by atoms with Crippen LogP contribution in [0.15, 0.2) is 138 Å². The molecule has 0 heterocycles. The van der Waals surface area contributed by atoms with E-state index in [9.17, 15) is 0 Å². The van der Waals surface area contributed by atoms with E-state index in [4.69, 9.17) is 5.73 Å². The molecular formula is C36H59N5. The van der Waals surface area contributed by atoms with Crippen LogP contribution in [0.1, 0.15) is 61.3 Å². The van der Waals surface area contributed by atoms with Gasteiger partial charge in [0.2, 0.25) is 0 Å². The summed E-state index contributed by atoms with van der Waals surface area (Å²) >= 11 is 0. The van der Waals surface area contributed by atoms with E-state index < -0.39 is 0 Å². The molecule has 5 nitrogen and oxygen atoms in total. The van der Waals surface area contributed by atoms with Crippen LogP contribution in [0.3, 0.4) is 0 Å². The number of nitrogens with two attached hydrogens (primary N) is 1. The van der Waals surface area contributed by atoms with E-state index in [0.29, 0.717) is 12.2 Å². The van der Waals surface area contributed by atoms with Gasteiger partial charge < -0.3 is 21.3 Å². The quantitative estimate of drug-likeness (QED) is 0.142. The van der Waals surface area contributed by atoms with Gasteiger partial charge in [0.05, 0.1) is 11.4 Å². The molecule has 0 aliphatic heterocycles. The van der Waals surface area contributed by atoms with Gasteiger partial charge in [0.15, 0.2) is 0 Å². The van der Waals surface area contributed by atoms with Crippen LogP contribution < -0.4 is 16.4 Å². The van der Waals surface area contributed by atoms with Crippen molar-refractivity contribution in [2.75, 3.05) is 27.7 Å². The molecule has 0 aromatic rings. The van der Waals surface area contributed by atoms with Gasteiger partial charge in [-0.05, 0) is 71.7 Å². The molecule has 41 heavy (non-hydrogen) atoms. The molecule has 0 aromatic carbocycles. The molecule has 0 saturated carbocycles. The summed E-state index contributed by atoms with van der Waals surface area (Å²) in [4.78, 5) is 6.61. The van der Waals surface area contributed by atoms with Gasteiger partial charge in [-0.15, -0.1) is 6.58 Å². The van der Waals surface area contributed by atoms with Crippen molar-refractivity contribution >= 4 is 5.71 Å². The average molecular weight is 562 g/mol. The lowest BCUT2D eigenvalue weighted by atomic mass is 10.0. The molecule has 0 fully saturated rings. The first-order chi connectivity index (χ1) is 19.3. The minimum Gasteiger partial charge on any atom is -0.403 e. The van der Waals surface area contributed by atoms with Crippen molar-refractivity contribution in [1.82, 2.24) is 15.5 Å². The zero-order chi connectivity index (χ0) is 32.4. The highest BCUT2D eigenvalue weighted by atomic mass is 15.1. The monoisotopic (exact) mass is 561 g/mol. The van der Waals surface area contributed by atoms with Crippen LogP contribution in [0, 0.1) is 0 Å². The fraction of sp³-hybridized carbons (Fsp3) is 0.361. The van der Waals surface area contributed by atoms with E-state index in [-0.39, 0.29) is 0 Å². The molecule has 1 rings (SSSR count). The third kappa shape index (κ3) is 21.5. The van der Waals surface area contributed by atoms with Gasteiger partial charge in [-0.2, -0.15) is 0 Å². The van der Waals surface area contributed by atoms with Gasteiger partial charge in [-0.3, -0.25) is 4.99 Å². The lowest BCUT2D eigenvalue weighted by Gasteiger charge is -2.21. The van der Waals surface area contributed by atoms with Crippen LogP contribution in [0.5, 0.6) is 0 Å². The molecule has 0 saturated heterocycles. The molecule has 4 N–H and O–H groups in total. The predicted octanol–water partition coefficient (Wildman–Crippen LogP) is 8.67. The van der Waals surface area contributed by atoms with Crippen LogP contribution in [-0.4, -0.2) is 38.3 Å². The minimum absolute atomic E-state index is 0.667. The summed E-state index contributed by atoms with van der Waals surface area (Å²) in [5.74, 6) is 0. The third-order valence-electron chi connectivity index (χ3n) is 5.27. The molecule has 0 atom stereocenters. The van der Waals surface area contributed by atoms with Crippen molar-refractivity contribution in [1.29, 1.82) is 0 Å². The standard InChI is InChI=1S/C22H34N4.C8H12.C3H7N.C3H6/c1-9-24-22(21(23-6)16(2)3)18(5)25-15-19-12-10-11-17(4)20(14-13-19)26(7)8;1-4-7-8(5-2)6-3;1-3(2)4;1-3-2/h9-10,12-13,23,25H,1,5,11,14-15H2,2-4,6-8H3;4-7H,2H2,1,3H3;1,4H2,2H3;3H,1H2,2H3/b12-10?,19-13+,20-17+,24-22?;7-4-,8-6-;;. The number of nitrogens with zero attached hydrogens (tertiary/aromatic N) is 2. The summed E-state index contributed by atoms with van der Waals surface area (Å²) < 4.78 is 0. The number of hydrogen-bond acceptors (Lipinski definition) is 5. The molecule has 0 radical (unpaired) electrons. The first-order valence-corrected chi connectivity index (χ1v) is 13.9. The zero-order valence-electron chi connectivity index (χ0n) is 27.8. The molecule has 5 heteroatoms. The van der Waals surface area contributed by atoms with Crippen LogP contribution in [0.2, 0.25) is 0 Å². The second-order valence-electron chi connectivity index (χ2n) is 9.58. The summed E-state index contributed by atoms with van der Waals surface area (Å²) in [5.41, 5.74) is 14.5. The molecule has 1 aliphatic rings. The van der Waals surface area contributed by atoms with E-state index in [2.05, 4.69) is 107 Å². The number of nitrogens with one attached hydrogen (secondary N) is 2. The maximum atomic E-state index is 4.92. The molecule has 228 valence electrons. The Bertz CT molecular complexity index is 1050. The smallest absolute Gasteiger partial charge is 0.108 e. The first kappa shape index (κ1) is 41.5. The predicted molar refractivity (Wildman–Crippen MR) is 189 cm³/mol. The van der Waals surface area contributed by atoms with Crippen LogP contribution in [0.25, 0.3) is 0 Å². The van der Waals surface area contributed by atoms with E-state index in [1.165, 1.54) is 22.4 Å². The minimum atomic E-state index is 0.667. The molecule has 0 unspecified atom stereocenters. The number of hydrogen-bond donors (Lipinski definition) is 3. The summed E-state index contributed by atoms with van der Waals surface area (Å²) in [7, 11) is 6.11. The number of allylic oxidation sites excluding steroid dienone is 11. The van der Waals surface area contributed by atoms with E-state index in [0.717, 1.165) is 35.5 Å². The number of rotatable bonds is 10. The molecule has 0 spiro atoms. The Hall–Kier alpha value is -3.99. The van der Waals surface area contributed by atoms with E-state index in [1.54, 1.807) is 19.2 Å². The summed E-state index contributed by atoms with van der Waals surface area (Å²) in [6, 6.07) is 0. The van der Waals surface area contributed by atoms with E-state index >= 15 is 0 Å². The Morgan fingerprint density at radius 2 is 1.63 bits per heavy atom.